The number of nitrogens with one attached hydrogen (secondary N) is 1. The lowest BCUT2D eigenvalue weighted by molar-refractivity contribution is 0.0949. The molecule has 0 aliphatic heterocycles. The van der Waals surface area contributed by atoms with Gasteiger partial charge in [0.25, 0.3) is 5.88 Å². The number of nitrogen functional groups attached to an aromatic ring is 1. The highest BCUT2D eigenvalue weighted by Gasteiger charge is 2.07. The van der Waals surface area contributed by atoms with Gasteiger partial charge in [0.2, 0.25) is 11.8 Å². The molecule has 0 aliphatic rings. The molecule has 0 radical (unpaired) electrons. The number of hydrogen-bond acceptors (Lipinski definition) is 6. The number of anilines is 1. The van der Waals surface area contributed by atoms with Crippen molar-refractivity contribution in [3.8, 4) is 5.88 Å². The highest BCUT2D eigenvalue weighted by Crippen LogP contribution is 2.13. The van der Waals surface area contributed by atoms with Crippen molar-refractivity contribution in [2.24, 2.45) is 5.84 Å². The van der Waals surface area contributed by atoms with Crippen LogP contribution in [0.5, 0.6) is 5.88 Å². The predicted octanol–water partition coefficient (Wildman–Crippen LogP) is 1.10. The van der Waals surface area contributed by atoms with Gasteiger partial charge in [0, 0.05) is 6.61 Å². The Morgan fingerprint density at radius 3 is 2.94 bits per heavy atom. The predicted molar refractivity (Wildman–Crippen MR) is 61.0 cm³/mol. The molecule has 0 aliphatic carbocycles. The molecule has 0 amide bonds. The third-order valence-corrected chi connectivity index (χ3v) is 1.95. The fourth-order valence-electron chi connectivity index (χ4n) is 1.07. The number of hydrazine groups is 1. The minimum Gasteiger partial charge on any atom is -0.473 e. The van der Waals surface area contributed by atoms with Gasteiger partial charge in [0.15, 0.2) is 0 Å². The second-order valence-corrected chi connectivity index (χ2v) is 3.31. The first kappa shape index (κ1) is 13.6. The van der Waals surface area contributed by atoms with Crippen LogP contribution in [0.1, 0.15) is 19.8 Å². The summed E-state index contributed by atoms with van der Waals surface area (Å²) in [7, 11) is 0. The zero-order valence-corrected chi connectivity index (χ0v) is 9.78. The highest BCUT2D eigenvalue weighted by molar-refractivity contribution is 5.26. The SMILES string of the molecule is CCCCOCCOc1nc(NN)ncc1F. The minimum atomic E-state index is -0.627. The Morgan fingerprint density at radius 1 is 1.41 bits per heavy atom. The molecule has 0 aromatic carbocycles. The Bertz CT molecular complexity index is 338. The van der Waals surface area contributed by atoms with Gasteiger partial charge in [-0.15, -0.1) is 0 Å². The Morgan fingerprint density at radius 2 is 2.24 bits per heavy atom. The molecule has 1 aromatic heterocycles. The molecule has 96 valence electrons. The Hall–Kier alpha value is -1.47. The number of ether oxygens (including phenoxy) is 2. The summed E-state index contributed by atoms with van der Waals surface area (Å²) in [6.45, 7) is 3.40. The van der Waals surface area contributed by atoms with E-state index in [2.05, 4.69) is 22.3 Å². The number of aromatic nitrogens is 2. The summed E-state index contributed by atoms with van der Waals surface area (Å²) in [6, 6.07) is 0. The molecule has 17 heavy (non-hydrogen) atoms. The van der Waals surface area contributed by atoms with Gasteiger partial charge in [-0.05, 0) is 6.42 Å². The van der Waals surface area contributed by atoms with E-state index in [0.29, 0.717) is 13.2 Å². The van der Waals surface area contributed by atoms with E-state index >= 15 is 0 Å². The average molecular weight is 244 g/mol. The van der Waals surface area contributed by atoms with Crippen LogP contribution in [0.3, 0.4) is 0 Å². The fourth-order valence-corrected chi connectivity index (χ4v) is 1.07. The molecule has 3 N–H and O–H groups in total. The summed E-state index contributed by atoms with van der Waals surface area (Å²) in [4.78, 5) is 7.32. The smallest absolute Gasteiger partial charge is 0.255 e. The van der Waals surface area contributed by atoms with Crippen molar-refractivity contribution in [2.75, 3.05) is 25.2 Å². The first-order valence-corrected chi connectivity index (χ1v) is 5.47. The molecule has 6 nitrogen and oxygen atoms in total. The van der Waals surface area contributed by atoms with E-state index in [1.165, 1.54) is 0 Å². The third-order valence-electron chi connectivity index (χ3n) is 1.95. The van der Waals surface area contributed by atoms with Crippen LogP contribution >= 0.6 is 0 Å². The minimum absolute atomic E-state index is 0.105. The number of unbranched alkanes of at least 4 members (excludes halogenated alkanes) is 1. The van der Waals surface area contributed by atoms with Crippen LogP contribution < -0.4 is 16.0 Å². The molecular weight excluding hydrogens is 227 g/mol. The Balaban J connectivity index is 2.30. The first-order chi connectivity index (χ1) is 8.27. The molecule has 1 rings (SSSR count). The van der Waals surface area contributed by atoms with Crippen molar-refractivity contribution in [2.45, 2.75) is 19.8 Å². The molecule has 1 heterocycles. The lowest BCUT2D eigenvalue weighted by Gasteiger charge is -2.07. The lowest BCUT2D eigenvalue weighted by Crippen LogP contribution is -2.13. The zero-order chi connectivity index (χ0) is 12.5. The fraction of sp³-hybridized carbons (Fsp3) is 0.600. The average Bonchev–Trinajstić information content (AvgIpc) is 2.35. The van der Waals surface area contributed by atoms with Gasteiger partial charge in [0.1, 0.15) is 6.61 Å². The molecule has 0 unspecified atom stereocenters. The van der Waals surface area contributed by atoms with Crippen LogP contribution in [0.4, 0.5) is 10.3 Å². The summed E-state index contributed by atoms with van der Waals surface area (Å²) >= 11 is 0. The molecule has 0 spiro atoms. The number of halogens is 1. The van der Waals surface area contributed by atoms with Crippen LogP contribution in [0, 0.1) is 5.82 Å². The zero-order valence-electron chi connectivity index (χ0n) is 9.78. The van der Waals surface area contributed by atoms with E-state index in [0.717, 1.165) is 19.0 Å². The van der Waals surface area contributed by atoms with Crippen molar-refractivity contribution in [1.29, 1.82) is 0 Å². The molecule has 7 heteroatoms. The maximum atomic E-state index is 13.2. The van der Waals surface area contributed by atoms with Gasteiger partial charge in [-0.25, -0.2) is 10.8 Å². The second kappa shape index (κ2) is 7.75. The lowest BCUT2D eigenvalue weighted by atomic mass is 10.4. The first-order valence-electron chi connectivity index (χ1n) is 5.47. The summed E-state index contributed by atoms with van der Waals surface area (Å²) in [6.07, 6.45) is 3.07. The van der Waals surface area contributed by atoms with Crippen molar-refractivity contribution in [1.82, 2.24) is 9.97 Å². The quantitative estimate of drug-likeness (QED) is 0.405. The monoisotopic (exact) mass is 244 g/mol. The number of hydrogen-bond donors (Lipinski definition) is 2. The van der Waals surface area contributed by atoms with Gasteiger partial charge in [-0.2, -0.15) is 9.37 Å². The van der Waals surface area contributed by atoms with Gasteiger partial charge in [-0.1, -0.05) is 13.3 Å². The Labute approximate surface area is 99.3 Å². The largest absolute Gasteiger partial charge is 0.473 e. The number of rotatable bonds is 8. The van der Waals surface area contributed by atoms with Gasteiger partial charge >= 0.3 is 0 Å². The van der Waals surface area contributed by atoms with E-state index in [9.17, 15) is 4.39 Å². The standard InChI is InChI=1S/C10H17FN4O2/c1-2-3-4-16-5-6-17-9-8(11)7-13-10(14-9)15-12/h7H,2-6,12H2,1H3,(H,13,14,15). The van der Waals surface area contributed by atoms with E-state index in [4.69, 9.17) is 15.3 Å². The van der Waals surface area contributed by atoms with Crippen LogP contribution in [0.15, 0.2) is 6.20 Å². The maximum absolute atomic E-state index is 13.2. The van der Waals surface area contributed by atoms with Crippen molar-refractivity contribution < 1.29 is 13.9 Å². The van der Waals surface area contributed by atoms with E-state index < -0.39 is 5.82 Å². The topological polar surface area (TPSA) is 82.3 Å². The van der Waals surface area contributed by atoms with E-state index in [1.807, 2.05) is 0 Å². The molecule has 0 saturated heterocycles. The maximum Gasteiger partial charge on any atom is 0.255 e. The van der Waals surface area contributed by atoms with Crippen molar-refractivity contribution in [3.63, 3.8) is 0 Å². The van der Waals surface area contributed by atoms with E-state index in [-0.39, 0.29) is 18.4 Å². The highest BCUT2D eigenvalue weighted by atomic mass is 19.1. The third kappa shape index (κ3) is 4.92. The molecular formula is C10H17FN4O2. The number of nitrogens with two attached hydrogens (primary N) is 1. The number of nitrogens with zero attached hydrogens (tertiary/aromatic N) is 2. The summed E-state index contributed by atoms with van der Waals surface area (Å²) in [5.41, 5.74) is 2.21. The molecule has 0 fully saturated rings. The molecule has 1 aromatic rings. The van der Waals surface area contributed by atoms with Crippen LogP contribution in [-0.2, 0) is 4.74 Å². The summed E-state index contributed by atoms with van der Waals surface area (Å²) in [5, 5.41) is 0. The molecule has 0 atom stereocenters. The normalized spacial score (nSPS) is 10.3. The van der Waals surface area contributed by atoms with Crippen molar-refractivity contribution in [3.05, 3.63) is 12.0 Å². The van der Waals surface area contributed by atoms with Crippen molar-refractivity contribution >= 4 is 5.95 Å². The second-order valence-electron chi connectivity index (χ2n) is 3.31. The molecule has 0 bridgehead atoms. The van der Waals surface area contributed by atoms with Gasteiger partial charge in [0.05, 0.1) is 12.8 Å². The molecule has 0 saturated carbocycles. The van der Waals surface area contributed by atoms with Crippen LogP contribution in [0.25, 0.3) is 0 Å². The Kier molecular flexibility index (Phi) is 6.19. The van der Waals surface area contributed by atoms with E-state index in [1.54, 1.807) is 0 Å². The van der Waals surface area contributed by atoms with Crippen LogP contribution in [0.2, 0.25) is 0 Å². The summed E-state index contributed by atoms with van der Waals surface area (Å²) < 4.78 is 23.6. The van der Waals surface area contributed by atoms with Crippen LogP contribution in [-0.4, -0.2) is 29.8 Å². The van der Waals surface area contributed by atoms with Gasteiger partial charge < -0.3 is 9.47 Å². The summed E-state index contributed by atoms with van der Waals surface area (Å²) in [5.74, 6) is 4.45. The van der Waals surface area contributed by atoms with Gasteiger partial charge in [-0.3, -0.25) is 5.43 Å².